The normalized spacial score (nSPS) is 45.0. The van der Waals surface area contributed by atoms with Crippen molar-refractivity contribution in [2.75, 3.05) is 6.61 Å². The number of hydrogen-bond acceptors (Lipinski definition) is 3. The summed E-state index contributed by atoms with van der Waals surface area (Å²) in [6, 6.07) is 0. The molecular weight excluding hydrogens is 252 g/mol. The third kappa shape index (κ3) is 2.08. The molecule has 4 fully saturated rings. The van der Waals surface area contributed by atoms with Crippen molar-refractivity contribution < 1.29 is 14.6 Å². The van der Waals surface area contributed by atoms with Gasteiger partial charge in [-0.15, -0.1) is 0 Å². The quantitative estimate of drug-likeness (QED) is 0.633. The van der Waals surface area contributed by atoms with Crippen LogP contribution in [-0.2, 0) is 9.53 Å². The Balaban J connectivity index is 1.71. The Morgan fingerprint density at radius 2 is 1.94 bits per heavy atom. The number of aliphatic hydroxyl groups is 1. The predicted octanol–water partition coefficient (Wildman–Crippen LogP) is 2.61. The highest BCUT2D eigenvalue weighted by atomic mass is 35.5. The summed E-state index contributed by atoms with van der Waals surface area (Å²) in [5, 5.41) is 10.5. The Kier molecular flexibility index (Phi) is 2.76. The summed E-state index contributed by atoms with van der Waals surface area (Å²) in [6.07, 6.45) is 6.03. The van der Waals surface area contributed by atoms with Crippen molar-refractivity contribution in [1.82, 2.24) is 0 Å². The fourth-order valence-corrected chi connectivity index (χ4v) is 4.92. The van der Waals surface area contributed by atoms with Crippen molar-refractivity contribution in [1.29, 1.82) is 0 Å². The van der Waals surface area contributed by atoms with E-state index in [2.05, 4.69) is 6.58 Å². The van der Waals surface area contributed by atoms with Gasteiger partial charge >= 0.3 is 5.97 Å². The van der Waals surface area contributed by atoms with Crippen molar-refractivity contribution in [3.05, 3.63) is 11.6 Å². The summed E-state index contributed by atoms with van der Waals surface area (Å²) in [4.78, 5) is 11.4. The van der Waals surface area contributed by atoms with E-state index in [1.165, 1.54) is 6.42 Å². The zero-order chi connectivity index (χ0) is 13.0. The third-order valence-corrected chi connectivity index (χ3v) is 5.04. The minimum absolute atomic E-state index is 0.0131. The zero-order valence-corrected chi connectivity index (χ0v) is 11.2. The fraction of sp³-hybridized carbons (Fsp3) is 0.786. The smallest absolute Gasteiger partial charge is 0.349 e. The van der Waals surface area contributed by atoms with E-state index in [4.69, 9.17) is 16.3 Å². The Hall–Kier alpha value is -0.540. The first kappa shape index (κ1) is 12.5. The minimum atomic E-state index is -0.528. The topological polar surface area (TPSA) is 46.5 Å². The Bertz CT molecular complexity index is 390. The van der Waals surface area contributed by atoms with Gasteiger partial charge in [0.15, 0.2) is 0 Å². The molecule has 1 N–H and O–H groups in total. The number of ether oxygens (including phenoxy) is 1. The van der Waals surface area contributed by atoms with Crippen molar-refractivity contribution in [3.8, 4) is 0 Å². The largest absolute Gasteiger partial charge is 0.461 e. The Morgan fingerprint density at radius 3 is 2.44 bits per heavy atom. The number of esters is 1. The van der Waals surface area contributed by atoms with E-state index in [0.29, 0.717) is 18.4 Å². The summed E-state index contributed by atoms with van der Waals surface area (Å²) < 4.78 is 5.25. The molecule has 4 aliphatic rings. The van der Waals surface area contributed by atoms with Crippen LogP contribution in [0.1, 0.15) is 38.5 Å². The van der Waals surface area contributed by atoms with Crippen LogP contribution in [0.3, 0.4) is 0 Å². The monoisotopic (exact) mass is 270 g/mol. The first-order valence-corrected chi connectivity index (χ1v) is 7.02. The first-order chi connectivity index (χ1) is 8.40. The van der Waals surface area contributed by atoms with Crippen LogP contribution in [0.5, 0.6) is 0 Å². The van der Waals surface area contributed by atoms with Crippen LogP contribution in [0.4, 0.5) is 0 Å². The van der Waals surface area contributed by atoms with Gasteiger partial charge in [-0.2, -0.15) is 0 Å². The average molecular weight is 271 g/mol. The molecule has 0 heterocycles. The van der Waals surface area contributed by atoms with Gasteiger partial charge in [-0.1, -0.05) is 18.2 Å². The number of carbonyl (C=O) groups is 1. The molecule has 100 valence electrons. The summed E-state index contributed by atoms with van der Waals surface area (Å²) in [5.74, 6) is 0.683. The first-order valence-electron chi connectivity index (χ1n) is 6.64. The molecule has 0 spiro atoms. The maximum Gasteiger partial charge on any atom is 0.349 e. The third-order valence-electron chi connectivity index (χ3n) is 4.88. The lowest BCUT2D eigenvalue weighted by molar-refractivity contribution is -0.184. The lowest BCUT2D eigenvalue weighted by Gasteiger charge is -2.59. The van der Waals surface area contributed by atoms with E-state index in [1.54, 1.807) is 0 Å². The molecule has 0 aromatic rings. The number of rotatable bonds is 3. The van der Waals surface area contributed by atoms with Crippen molar-refractivity contribution in [2.45, 2.75) is 44.1 Å². The zero-order valence-electron chi connectivity index (χ0n) is 10.5. The number of carbonyl (C=O) groups excluding carboxylic acids is 1. The van der Waals surface area contributed by atoms with E-state index in [-0.39, 0.29) is 10.4 Å². The molecule has 18 heavy (non-hydrogen) atoms. The Morgan fingerprint density at radius 1 is 1.33 bits per heavy atom. The maximum absolute atomic E-state index is 11.4. The van der Waals surface area contributed by atoms with Gasteiger partial charge in [0.2, 0.25) is 0 Å². The van der Waals surface area contributed by atoms with Crippen LogP contribution in [0, 0.1) is 17.3 Å². The van der Waals surface area contributed by atoms with Crippen LogP contribution < -0.4 is 0 Å². The van der Waals surface area contributed by atoms with Crippen LogP contribution >= 0.6 is 11.6 Å². The molecule has 0 aromatic carbocycles. The molecule has 4 heteroatoms. The fourth-order valence-electron chi connectivity index (χ4n) is 4.87. The lowest BCUT2D eigenvalue weighted by Crippen LogP contribution is -2.57. The Labute approximate surface area is 112 Å². The van der Waals surface area contributed by atoms with Gasteiger partial charge in [-0.3, -0.25) is 0 Å². The van der Waals surface area contributed by atoms with Gasteiger partial charge in [-0.25, -0.2) is 4.79 Å². The molecule has 0 radical (unpaired) electrons. The van der Waals surface area contributed by atoms with E-state index in [0.717, 1.165) is 32.1 Å². The highest BCUT2D eigenvalue weighted by Crippen LogP contribution is 2.61. The van der Waals surface area contributed by atoms with Gasteiger partial charge in [0.1, 0.15) is 5.03 Å². The van der Waals surface area contributed by atoms with Crippen LogP contribution in [-0.4, -0.2) is 23.3 Å². The molecule has 4 rings (SSSR count). The van der Waals surface area contributed by atoms with Crippen molar-refractivity contribution >= 4 is 17.6 Å². The molecule has 3 nitrogen and oxygen atoms in total. The van der Waals surface area contributed by atoms with E-state index < -0.39 is 11.6 Å². The van der Waals surface area contributed by atoms with E-state index in [1.807, 2.05) is 0 Å². The molecule has 0 saturated heterocycles. The minimum Gasteiger partial charge on any atom is -0.461 e. The lowest BCUT2D eigenvalue weighted by atomic mass is 9.48. The SMILES string of the molecule is C=C(Cl)C(=O)OCC12CC3CC(CC(O)(C3)C1)C2. The molecular formula is C14H19ClO3. The van der Waals surface area contributed by atoms with Gasteiger partial charge in [0.25, 0.3) is 0 Å². The number of hydrogen-bond donors (Lipinski definition) is 1. The highest BCUT2D eigenvalue weighted by Gasteiger charge is 2.57. The van der Waals surface area contributed by atoms with Gasteiger partial charge in [0.05, 0.1) is 12.2 Å². The second kappa shape index (κ2) is 3.97. The van der Waals surface area contributed by atoms with Crippen LogP contribution in [0.15, 0.2) is 11.6 Å². The van der Waals surface area contributed by atoms with Crippen LogP contribution in [0.2, 0.25) is 0 Å². The van der Waals surface area contributed by atoms with Gasteiger partial charge in [-0.05, 0) is 50.4 Å². The van der Waals surface area contributed by atoms with Gasteiger partial charge < -0.3 is 9.84 Å². The standard InChI is InChI=1S/C14H19ClO3/c1-9(15)12(16)18-8-13-3-10-2-11(4-13)6-14(17,5-10)7-13/h10-11,17H,1-8H2. The molecule has 2 atom stereocenters. The van der Waals surface area contributed by atoms with E-state index >= 15 is 0 Å². The second-order valence-electron chi connectivity index (χ2n) is 6.67. The average Bonchev–Trinajstić information content (AvgIpc) is 2.22. The second-order valence-corrected chi connectivity index (χ2v) is 7.12. The summed E-state index contributed by atoms with van der Waals surface area (Å²) in [5.41, 5.74) is -0.519. The van der Waals surface area contributed by atoms with Gasteiger partial charge in [0, 0.05) is 5.41 Å². The van der Waals surface area contributed by atoms with Crippen LogP contribution in [0.25, 0.3) is 0 Å². The maximum atomic E-state index is 11.4. The molecule has 0 aliphatic heterocycles. The van der Waals surface area contributed by atoms with E-state index in [9.17, 15) is 9.90 Å². The summed E-state index contributed by atoms with van der Waals surface area (Å²) >= 11 is 5.52. The summed E-state index contributed by atoms with van der Waals surface area (Å²) in [6.45, 7) is 3.76. The molecule has 4 aliphatic carbocycles. The van der Waals surface area contributed by atoms with Crippen molar-refractivity contribution in [2.24, 2.45) is 17.3 Å². The highest BCUT2D eigenvalue weighted by molar-refractivity contribution is 6.40. The molecule has 4 bridgehead atoms. The summed E-state index contributed by atoms with van der Waals surface area (Å²) in [7, 11) is 0. The number of halogens is 1. The molecule has 0 amide bonds. The molecule has 2 unspecified atom stereocenters. The van der Waals surface area contributed by atoms with Crippen molar-refractivity contribution in [3.63, 3.8) is 0 Å². The predicted molar refractivity (Wildman–Crippen MR) is 68.0 cm³/mol. The molecule has 4 saturated carbocycles. The molecule has 0 aromatic heterocycles.